The first-order chi connectivity index (χ1) is 15.6. The number of rotatable bonds is 8. The highest BCUT2D eigenvalue weighted by molar-refractivity contribution is 7.91. The molecule has 0 unspecified atom stereocenters. The van der Waals surface area contributed by atoms with Crippen LogP contribution in [0.2, 0.25) is 10.0 Å². The summed E-state index contributed by atoms with van der Waals surface area (Å²) in [6.07, 6.45) is 0. The molecule has 7 nitrogen and oxygen atoms in total. The average Bonchev–Trinajstić information content (AvgIpc) is 2.79. The molecule has 1 amide bonds. The summed E-state index contributed by atoms with van der Waals surface area (Å²) in [5.41, 5.74) is 1.61. The van der Waals surface area contributed by atoms with Gasteiger partial charge in [0.1, 0.15) is 5.75 Å². The maximum Gasteiger partial charge on any atom is 0.251 e. The van der Waals surface area contributed by atoms with Gasteiger partial charge in [-0.15, -0.1) is 0 Å². The van der Waals surface area contributed by atoms with Crippen molar-refractivity contribution < 1.29 is 17.9 Å². The fraction of sp³-hybridized carbons (Fsp3) is 0.435. The second kappa shape index (κ2) is 11.1. The van der Waals surface area contributed by atoms with Crippen molar-refractivity contribution in [1.29, 1.82) is 0 Å². The molecule has 0 bridgehead atoms. The summed E-state index contributed by atoms with van der Waals surface area (Å²) in [5, 5.41) is 3.62. The molecule has 3 rings (SSSR count). The molecule has 1 N–H and O–H groups in total. The molecule has 0 aromatic heterocycles. The molecule has 1 fully saturated rings. The zero-order chi connectivity index (χ0) is 24.2. The van der Waals surface area contributed by atoms with Crippen molar-refractivity contribution in [2.75, 3.05) is 46.1 Å². The third-order valence-corrected chi connectivity index (χ3v) is 8.19. The van der Waals surface area contributed by atoms with Crippen LogP contribution in [0, 0.1) is 0 Å². The van der Waals surface area contributed by atoms with Gasteiger partial charge < -0.3 is 15.0 Å². The first-order valence-corrected chi connectivity index (χ1v) is 13.1. The Morgan fingerprint density at radius 3 is 2.45 bits per heavy atom. The van der Waals surface area contributed by atoms with E-state index in [0.717, 1.165) is 31.7 Å². The number of carbonyl (C=O) groups excluding carboxylic acids is 1. The van der Waals surface area contributed by atoms with Gasteiger partial charge in [-0.2, -0.15) is 0 Å². The molecule has 0 aliphatic carbocycles. The zero-order valence-corrected chi connectivity index (χ0v) is 21.4. The van der Waals surface area contributed by atoms with E-state index in [1.54, 1.807) is 32.2 Å². The van der Waals surface area contributed by atoms with Crippen LogP contribution in [0.5, 0.6) is 5.75 Å². The number of benzene rings is 2. The Bertz CT molecular complexity index is 1120. The van der Waals surface area contributed by atoms with E-state index in [9.17, 15) is 13.2 Å². The fourth-order valence-electron chi connectivity index (χ4n) is 3.73. The van der Waals surface area contributed by atoms with Crippen molar-refractivity contribution in [3.8, 4) is 5.75 Å². The normalized spacial score (nSPS) is 15.4. The van der Waals surface area contributed by atoms with Gasteiger partial charge in [0.15, 0.2) is 9.84 Å². The molecule has 0 radical (unpaired) electrons. The first-order valence-electron chi connectivity index (χ1n) is 10.7. The van der Waals surface area contributed by atoms with Crippen LogP contribution in [-0.4, -0.2) is 70.2 Å². The quantitative estimate of drug-likeness (QED) is 0.582. The zero-order valence-electron chi connectivity index (χ0n) is 19.0. The van der Waals surface area contributed by atoms with E-state index in [-0.39, 0.29) is 23.1 Å². The molecule has 10 heteroatoms. The highest BCUT2D eigenvalue weighted by Gasteiger charge is 2.21. The predicted octanol–water partition coefficient (Wildman–Crippen LogP) is 3.47. The minimum Gasteiger partial charge on any atom is -0.496 e. The third kappa shape index (κ3) is 6.39. The van der Waals surface area contributed by atoms with Crippen molar-refractivity contribution >= 4 is 38.9 Å². The number of halogens is 2. The van der Waals surface area contributed by atoms with Crippen LogP contribution < -0.4 is 10.1 Å². The summed E-state index contributed by atoms with van der Waals surface area (Å²) in [7, 11) is 0.192. The molecule has 0 atom stereocenters. The molecule has 2 aromatic carbocycles. The standard InChI is InChI=1S/C23H29Cl2N3O4S/c1-4-33(30,31)22-6-5-18(24)11-17(22)14-26-23(29)16-12-20(25)19(21(13-16)32-3)15-28-9-7-27(2)8-10-28/h5-6,11-13H,4,7-10,14-15H2,1-3H3,(H,26,29). The molecule has 1 aliphatic heterocycles. The lowest BCUT2D eigenvalue weighted by Gasteiger charge is -2.32. The topological polar surface area (TPSA) is 79.0 Å². The van der Waals surface area contributed by atoms with Gasteiger partial charge in [0, 0.05) is 60.4 Å². The number of ether oxygens (including phenoxy) is 1. The number of amides is 1. The predicted molar refractivity (Wildman–Crippen MR) is 131 cm³/mol. The van der Waals surface area contributed by atoms with Crippen LogP contribution in [0.4, 0.5) is 0 Å². The molecule has 33 heavy (non-hydrogen) atoms. The Morgan fingerprint density at radius 1 is 1.12 bits per heavy atom. The van der Waals surface area contributed by atoms with Gasteiger partial charge in [0.25, 0.3) is 5.91 Å². The molecule has 1 aliphatic rings. The smallest absolute Gasteiger partial charge is 0.251 e. The minimum atomic E-state index is -3.46. The van der Waals surface area contributed by atoms with Crippen LogP contribution in [0.15, 0.2) is 35.2 Å². The van der Waals surface area contributed by atoms with Gasteiger partial charge in [-0.1, -0.05) is 30.1 Å². The van der Waals surface area contributed by atoms with Crippen molar-refractivity contribution in [1.82, 2.24) is 15.1 Å². The maximum absolute atomic E-state index is 12.9. The Morgan fingerprint density at radius 2 is 1.82 bits per heavy atom. The highest BCUT2D eigenvalue weighted by Crippen LogP contribution is 2.30. The van der Waals surface area contributed by atoms with E-state index < -0.39 is 9.84 Å². The number of hydrogen-bond donors (Lipinski definition) is 1. The summed E-state index contributed by atoms with van der Waals surface area (Å²) in [4.78, 5) is 17.6. The Kier molecular flexibility index (Phi) is 8.64. The van der Waals surface area contributed by atoms with Gasteiger partial charge in [0.2, 0.25) is 0 Å². The number of carbonyl (C=O) groups is 1. The van der Waals surface area contributed by atoms with Gasteiger partial charge in [-0.05, 0) is 42.9 Å². The van der Waals surface area contributed by atoms with Crippen LogP contribution in [0.3, 0.4) is 0 Å². The van der Waals surface area contributed by atoms with Gasteiger partial charge in [0.05, 0.1) is 17.8 Å². The summed E-state index contributed by atoms with van der Waals surface area (Å²) in [6, 6.07) is 7.83. The van der Waals surface area contributed by atoms with Crippen LogP contribution >= 0.6 is 23.2 Å². The summed E-state index contributed by atoms with van der Waals surface area (Å²) >= 11 is 12.6. The molecule has 180 valence electrons. The van der Waals surface area contributed by atoms with Gasteiger partial charge in [-0.3, -0.25) is 9.69 Å². The van der Waals surface area contributed by atoms with Gasteiger partial charge in [-0.25, -0.2) is 8.42 Å². The number of likely N-dealkylation sites (N-methyl/N-ethyl adjacent to an activating group) is 1. The molecule has 1 heterocycles. The fourth-order valence-corrected chi connectivity index (χ4v) is 5.31. The van der Waals surface area contributed by atoms with E-state index in [0.29, 0.717) is 33.5 Å². The number of sulfone groups is 1. The van der Waals surface area contributed by atoms with Crippen LogP contribution in [0.1, 0.15) is 28.4 Å². The van der Waals surface area contributed by atoms with Crippen molar-refractivity contribution in [3.63, 3.8) is 0 Å². The summed E-state index contributed by atoms with van der Waals surface area (Å²) in [5.74, 6) is 0.113. The first kappa shape index (κ1) is 25.8. The highest BCUT2D eigenvalue weighted by atomic mass is 35.5. The largest absolute Gasteiger partial charge is 0.496 e. The van der Waals surface area contributed by atoms with Gasteiger partial charge >= 0.3 is 0 Å². The Labute approximate surface area is 205 Å². The minimum absolute atomic E-state index is 0.0109. The average molecular weight is 514 g/mol. The third-order valence-electron chi connectivity index (χ3n) is 5.79. The Balaban J connectivity index is 1.77. The molecule has 1 saturated heterocycles. The number of piperazine rings is 1. The molecular formula is C23H29Cl2N3O4S. The molecule has 0 saturated carbocycles. The van der Waals surface area contributed by atoms with E-state index in [2.05, 4.69) is 22.2 Å². The number of nitrogens with one attached hydrogen (secondary N) is 1. The second-order valence-corrected chi connectivity index (χ2v) is 11.1. The second-order valence-electron chi connectivity index (χ2n) is 8.06. The van der Waals surface area contributed by atoms with Crippen LogP contribution in [0.25, 0.3) is 0 Å². The lowest BCUT2D eigenvalue weighted by molar-refractivity contribution is 0.0950. The number of hydrogen-bond acceptors (Lipinski definition) is 6. The molecule has 0 spiro atoms. The summed E-state index contributed by atoms with van der Waals surface area (Å²) in [6.45, 7) is 6.06. The van der Waals surface area contributed by atoms with Crippen molar-refractivity contribution in [3.05, 3.63) is 57.1 Å². The Hall–Kier alpha value is -1.84. The lowest BCUT2D eigenvalue weighted by Crippen LogP contribution is -2.43. The number of nitrogens with zero attached hydrogens (tertiary/aromatic N) is 2. The molecular weight excluding hydrogens is 485 g/mol. The van der Waals surface area contributed by atoms with E-state index in [1.807, 2.05) is 0 Å². The SMILES string of the molecule is CCS(=O)(=O)c1ccc(Cl)cc1CNC(=O)c1cc(Cl)c(CN2CCN(C)CC2)c(OC)c1. The van der Waals surface area contributed by atoms with Crippen LogP contribution in [-0.2, 0) is 22.9 Å². The van der Waals surface area contributed by atoms with Crippen molar-refractivity contribution in [2.45, 2.75) is 24.9 Å². The van der Waals surface area contributed by atoms with E-state index in [1.165, 1.54) is 12.1 Å². The van der Waals surface area contributed by atoms with E-state index in [4.69, 9.17) is 27.9 Å². The number of methoxy groups -OCH3 is 1. The summed E-state index contributed by atoms with van der Waals surface area (Å²) < 4.78 is 30.3. The maximum atomic E-state index is 12.9. The lowest BCUT2D eigenvalue weighted by atomic mass is 10.1. The van der Waals surface area contributed by atoms with Crippen molar-refractivity contribution in [2.24, 2.45) is 0 Å². The van der Waals surface area contributed by atoms with E-state index >= 15 is 0 Å². The molecule has 2 aromatic rings. The monoisotopic (exact) mass is 513 g/mol.